The Morgan fingerprint density at radius 2 is 1.71 bits per heavy atom. The minimum absolute atomic E-state index is 0.138. The normalized spacial score (nSPS) is 15.2. The van der Waals surface area contributed by atoms with E-state index in [1.165, 1.54) is 18.3 Å². The van der Waals surface area contributed by atoms with E-state index in [2.05, 4.69) is 4.98 Å². The fraction of sp³-hybridized carbons (Fsp3) is 0.286. The van der Waals surface area contributed by atoms with Crippen LogP contribution in [0, 0.1) is 19.7 Å². The maximum Gasteiger partial charge on any atom is 0.210 e. The average molecular weight is 400 g/mol. The van der Waals surface area contributed by atoms with Crippen LogP contribution in [0.2, 0.25) is 0 Å². The number of hydrogen-bond donors (Lipinski definition) is 0. The van der Waals surface area contributed by atoms with E-state index in [1.54, 1.807) is 18.2 Å². The molecule has 0 bridgehead atoms. The maximum atomic E-state index is 13.7. The molecule has 3 aromatic rings. The average Bonchev–Trinajstić information content (AvgIpc) is 2.66. The number of anilines is 1. The van der Waals surface area contributed by atoms with E-state index in [0.29, 0.717) is 42.9 Å². The van der Waals surface area contributed by atoms with E-state index >= 15 is 0 Å². The summed E-state index contributed by atoms with van der Waals surface area (Å²) in [7, 11) is -3.80. The van der Waals surface area contributed by atoms with Gasteiger partial charge in [0.2, 0.25) is 9.84 Å². The number of ether oxygens (including phenoxy) is 1. The first-order chi connectivity index (χ1) is 13.4. The van der Waals surface area contributed by atoms with Gasteiger partial charge in [-0.3, -0.25) is 4.98 Å². The van der Waals surface area contributed by atoms with Crippen LogP contribution in [0.4, 0.5) is 10.1 Å². The first-order valence-corrected chi connectivity index (χ1v) is 10.6. The highest BCUT2D eigenvalue weighted by Crippen LogP contribution is 2.36. The minimum atomic E-state index is -3.80. The second-order valence-corrected chi connectivity index (χ2v) is 8.98. The molecule has 1 saturated heterocycles. The third-order valence-electron chi connectivity index (χ3n) is 4.89. The molecule has 146 valence electrons. The van der Waals surface area contributed by atoms with Crippen molar-refractivity contribution >= 4 is 26.4 Å². The molecule has 0 radical (unpaired) electrons. The molecular formula is C21H21FN2O3S. The first kappa shape index (κ1) is 18.8. The number of hydrogen-bond acceptors (Lipinski definition) is 5. The van der Waals surface area contributed by atoms with Crippen molar-refractivity contribution in [3.05, 3.63) is 59.5 Å². The van der Waals surface area contributed by atoms with Gasteiger partial charge < -0.3 is 9.64 Å². The molecular weight excluding hydrogens is 379 g/mol. The van der Waals surface area contributed by atoms with Gasteiger partial charge in [0.1, 0.15) is 10.7 Å². The van der Waals surface area contributed by atoms with Crippen LogP contribution in [-0.4, -0.2) is 39.7 Å². The Balaban J connectivity index is 1.98. The van der Waals surface area contributed by atoms with E-state index < -0.39 is 15.7 Å². The summed E-state index contributed by atoms with van der Waals surface area (Å²) in [5.41, 5.74) is 2.75. The fourth-order valence-corrected chi connectivity index (χ4v) is 5.28. The van der Waals surface area contributed by atoms with Gasteiger partial charge in [-0.05, 0) is 49.2 Å². The van der Waals surface area contributed by atoms with Crippen molar-refractivity contribution in [3.63, 3.8) is 0 Å². The van der Waals surface area contributed by atoms with Crippen molar-refractivity contribution in [2.45, 2.75) is 23.6 Å². The quantitative estimate of drug-likeness (QED) is 0.672. The highest BCUT2D eigenvalue weighted by atomic mass is 32.2. The maximum absolute atomic E-state index is 13.7. The van der Waals surface area contributed by atoms with E-state index in [1.807, 2.05) is 24.8 Å². The van der Waals surface area contributed by atoms with Crippen LogP contribution in [0.3, 0.4) is 0 Å². The monoisotopic (exact) mass is 400 g/mol. The smallest absolute Gasteiger partial charge is 0.210 e. The van der Waals surface area contributed by atoms with Crippen LogP contribution >= 0.6 is 0 Å². The van der Waals surface area contributed by atoms with E-state index in [9.17, 15) is 12.8 Å². The molecule has 4 rings (SSSR count). The Bertz CT molecular complexity index is 1140. The lowest BCUT2D eigenvalue weighted by atomic mass is 10.1. The van der Waals surface area contributed by atoms with Gasteiger partial charge in [-0.2, -0.15) is 0 Å². The Morgan fingerprint density at radius 1 is 1.04 bits per heavy atom. The van der Waals surface area contributed by atoms with Crippen molar-refractivity contribution in [2.24, 2.45) is 0 Å². The molecule has 0 atom stereocenters. The van der Waals surface area contributed by atoms with Crippen LogP contribution in [-0.2, 0) is 14.6 Å². The summed E-state index contributed by atoms with van der Waals surface area (Å²) in [6, 6.07) is 9.53. The SMILES string of the molecule is Cc1cc(C)cc(S(=O)(=O)c2cnc3cc(F)ccc3c2N2CCOCC2)c1. The number of aryl methyl sites for hydroxylation is 2. The van der Waals surface area contributed by atoms with Crippen LogP contribution in [0.5, 0.6) is 0 Å². The molecule has 7 heteroatoms. The highest BCUT2D eigenvalue weighted by Gasteiger charge is 2.28. The van der Waals surface area contributed by atoms with E-state index in [0.717, 1.165) is 11.1 Å². The second kappa shape index (κ2) is 7.14. The molecule has 2 heterocycles. The van der Waals surface area contributed by atoms with Crippen molar-refractivity contribution in [3.8, 4) is 0 Å². The number of fused-ring (bicyclic) bond motifs is 1. The fourth-order valence-electron chi connectivity index (χ4n) is 3.66. The standard InChI is InChI=1S/C21H21FN2O3S/c1-14-9-15(2)11-17(10-14)28(25,26)20-13-23-19-12-16(22)3-4-18(19)21(20)24-5-7-27-8-6-24/h3-4,9-13H,5-8H2,1-2H3. The summed E-state index contributed by atoms with van der Waals surface area (Å²) >= 11 is 0. The van der Waals surface area contributed by atoms with Gasteiger partial charge in [-0.25, -0.2) is 12.8 Å². The minimum Gasteiger partial charge on any atom is -0.378 e. The Kier molecular flexibility index (Phi) is 4.81. The summed E-state index contributed by atoms with van der Waals surface area (Å²) in [5.74, 6) is -0.405. The molecule has 0 aliphatic carbocycles. The molecule has 0 unspecified atom stereocenters. The number of aromatic nitrogens is 1. The lowest BCUT2D eigenvalue weighted by molar-refractivity contribution is 0.122. The van der Waals surface area contributed by atoms with Crippen LogP contribution in [0.15, 0.2) is 52.4 Å². The largest absolute Gasteiger partial charge is 0.378 e. The van der Waals surface area contributed by atoms with Crippen LogP contribution in [0.1, 0.15) is 11.1 Å². The van der Waals surface area contributed by atoms with Gasteiger partial charge in [0.25, 0.3) is 0 Å². The van der Waals surface area contributed by atoms with Gasteiger partial charge >= 0.3 is 0 Å². The van der Waals surface area contributed by atoms with Gasteiger partial charge in [0, 0.05) is 30.7 Å². The van der Waals surface area contributed by atoms with Crippen LogP contribution < -0.4 is 4.90 Å². The van der Waals surface area contributed by atoms with Crippen LogP contribution in [0.25, 0.3) is 10.9 Å². The zero-order valence-corrected chi connectivity index (χ0v) is 16.6. The van der Waals surface area contributed by atoms with Gasteiger partial charge in [0.05, 0.1) is 29.3 Å². The number of pyridine rings is 1. The Hall–Kier alpha value is -2.51. The molecule has 1 aromatic heterocycles. The highest BCUT2D eigenvalue weighted by molar-refractivity contribution is 7.91. The van der Waals surface area contributed by atoms with Gasteiger partial charge in [-0.1, -0.05) is 6.07 Å². The second-order valence-electron chi connectivity index (χ2n) is 7.06. The molecule has 1 aliphatic heterocycles. The van der Waals surface area contributed by atoms with Crippen molar-refractivity contribution < 1.29 is 17.5 Å². The molecule has 0 N–H and O–H groups in total. The summed E-state index contributed by atoms with van der Waals surface area (Å²) in [6.45, 7) is 5.88. The van der Waals surface area contributed by atoms with Crippen molar-refractivity contribution in [2.75, 3.05) is 31.2 Å². The number of sulfone groups is 1. The third kappa shape index (κ3) is 3.36. The lowest BCUT2D eigenvalue weighted by Crippen LogP contribution is -2.37. The predicted octanol–water partition coefficient (Wildman–Crippen LogP) is 3.66. The summed E-state index contributed by atoms with van der Waals surface area (Å²) < 4.78 is 46.2. The van der Waals surface area contributed by atoms with E-state index in [-0.39, 0.29) is 9.79 Å². The number of morpholine rings is 1. The first-order valence-electron chi connectivity index (χ1n) is 9.10. The van der Waals surface area contributed by atoms with Crippen molar-refractivity contribution in [1.82, 2.24) is 4.98 Å². The molecule has 5 nitrogen and oxygen atoms in total. The lowest BCUT2D eigenvalue weighted by Gasteiger charge is -2.31. The molecule has 1 fully saturated rings. The summed E-state index contributed by atoms with van der Waals surface area (Å²) in [5, 5.41) is 0.619. The number of rotatable bonds is 3. The summed E-state index contributed by atoms with van der Waals surface area (Å²) in [4.78, 5) is 6.62. The topological polar surface area (TPSA) is 59.5 Å². The molecule has 0 amide bonds. The number of halogens is 1. The third-order valence-corrected chi connectivity index (χ3v) is 6.63. The molecule has 0 spiro atoms. The zero-order valence-electron chi connectivity index (χ0n) is 15.8. The van der Waals surface area contributed by atoms with E-state index in [4.69, 9.17) is 4.74 Å². The number of benzene rings is 2. The summed E-state index contributed by atoms with van der Waals surface area (Å²) in [6.07, 6.45) is 1.35. The molecule has 1 aliphatic rings. The molecule has 28 heavy (non-hydrogen) atoms. The molecule has 2 aromatic carbocycles. The van der Waals surface area contributed by atoms with Crippen molar-refractivity contribution in [1.29, 1.82) is 0 Å². The Morgan fingerprint density at radius 3 is 2.39 bits per heavy atom. The van der Waals surface area contributed by atoms with Gasteiger partial charge in [0.15, 0.2) is 0 Å². The zero-order chi connectivity index (χ0) is 19.9. The number of nitrogens with zero attached hydrogens (tertiary/aromatic N) is 2. The predicted molar refractivity (Wildman–Crippen MR) is 106 cm³/mol. The Labute approximate surface area is 163 Å². The molecule has 0 saturated carbocycles. The van der Waals surface area contributed by atoms with Gasteiger partial charge in [-0.15, -0.1) is 0 Å².